The van der Waals surface area contributed by atoms with Crippen LogP contribution < -0.4 is 11.5 Å². The summed E-state index contributed by atoms with van der Waals surface area (Å²) in [4.78, 5) is 36.0. The quantitative estimate of drug-likeness (QED) is 0.319. The second-order valence-electron chi connectivity index (χ2n) is 8.91. The smallest absolute Gasteiger partial charge is 0.334 e. The van der Waals surface area contributed by atoms with Gasteiger partial charge in [0.05, 0.1) is 19.6 Å². The van der Waals surface area contributed by atoms with Crippen molar-refractivity contribution in [3.05, 3.63) is 0 Å². The number of carbonyl (C=O) groups is 3. The molecule has 156 valence electrons. The van der Waals surface area contributed by atoms with Crippen molar-refractivity contribution in [2.75, 3.05) is 12.9 Å². The molecule has 0 aromatic heterocycles. The van der Waals surface area contributed by atoms with Crippen molar-refractivity contribution in [3.63, 3.8) is 0 Å². The number of hydrogen-bond donors (Lipinski definition) is 3. The number of esters is 1. The van der Waals surface area contributed by atoms with Crippen molar-refractivity contribution in [1.82, 2.24) is 0 Å². The van der Waals surface area contributed by atoms with Gasteiger partial charge in [0.15, 0.2) is 11.3 Å². The van der Waals surface area contributed by atoms with Gasteiger partial charge in [-0.15, -0.1) is 0 Å². The topological polar surface area (TPSA) is 133 Å². The lowest BCUT2D eigenvalue weighted by atomic mass is 9.73. The molecular weight excluding hydrogens is 368 g/mol. The number of thioether (sulfide) groups is 1. The van der Waals surface area contributed by atoms with Crippen LogP contribution in [0, 0.1) is 10.8 Å². The van der Waals surface area contributed by atoms with Crippen molar-refractivity contribution in [3.8, 4) is 0 Å². The molecule has 5 N–H and O–H groups in total. The summed E-state index contributed by atoms with van der Waals surface area (Å²) in [7, 11) is 1.16. The molecule has 0 unspecified atom stereocenters. The SMILES string of the molecule is COC(=O)[C@@](N)(CSC1C(C)(C)CCCCC1(C)C)C(=O)[C@@H](N)CC(=O)O. The third-order valence-electron chi connectivity index (χ3n) is 5.51. The van der Waals surface area contributed by atoms with Gasteiger partial charge >= 0.3 is 11.9 Å². The first-order valence-electron chi connectivity index (χ1n) is 9.28. The molecule has 0 amide bonds. The van der Waals surface area contributed by atoms with E-state index in [1.54, 1.807) is 0 Å². The summed E-state index contributed by atoms with van der Waals surface area (Å²) in [5.74, 6) is -2.90. The van der Waals surface area contributed by atoms with E-state index < -0.39 is 35.7 Å². The highest BCUT2D eigenvalue weighted by atomic mass is 32.2. The number of carboxylic acids is 1. The summed E-state index contributed by atoms with van der Waals surface area (Å²) < 4.78 is 4.76. The molecule has 0 spiro atoms. The average Bonchev–Trinajstić information content (AvgIpc) is 2.65. The minimum Gasteiger partial charge on any atom is -0.481 e. The van der Waals surface area contributed by atoms with Crippen molar-refractivity contribution in [1.29, 1.82) is 0 Å². The molecular formula is C19H34N2O5S. The lowest BCUT2D eigenvalue weighted by Gasteiger charge is -2.43. The van der Waals surface area contributed by atoms with E-state index in [-0.39, 0.29) is 21.8 Å². The fraction of sp³-hybridized carbons (Fsp3) is 0.842. The molecule has 0 aromatic carbocycles. The zero-order valence-corrected chi connectivity index (χ0v) is 17.9. The molecule has 0 saturated heterocycles. The number of ether oxygens (including phenoxy) is 1. The molecule has 0 heterocycles. The van der Waals surface area contributed by atoms with Gasteiger partial charge in [-0.1, -0.05) is 40.5 Å². The lowest BCUT2D eigenvalue weighted by molar-refractivity contribution is -0.151. The normalized spacial score (nSPS) is 22.9. The van der Waals surface area contributed by atoms with Crippen LogP contribution in [0.2, 0.25) is 0 Å². The molecule has 27 heavy (non-hydrogen) atoms. The molecule has 0 aliphatic heterocycles. The Labute approximate surface area is 165 Å². The maximum Gasteiger partial charge on any atom is 0.334 e. The molecule has 1 rings (SSSR count). The molecule has 1 aliphatic rings. The number of rotatable bonds is 8. The molecule has 8 heteroatoms. The number of nitrogens with two attached hydrogens (primary N) is 2. The van der Waals surface area contributed by atoms with Crippen LogP contribution in [-0.2, 0) is 19.1 Å². The Balaban J connectivity index is 3.10. The largest absolute Gasteiger partial charge is 0.481 e. The zero-order chi connectivity index (χ0) is 21.0. The average molecular weight is 403 g/mol. The Morgan fingerprint density at radius 2 is 1.67 bits per heavy atom. The van der Waals surface area contributed by atoms with Crippen LogP contribution in [0.5, 0.6) is 0 Å². The van der Waals surface area contributed by atoms with Gasteiger partial charge in [0, 0.05) is 11.0 Å². The number of ketones is 1. The van der Waals surface area contributed by atoms with E-state index in [1.807, 2.05) is 0 Å². The van der Waals surface area contributed by atoms with E-state index >= 15 is 0 Å². The second-order valence-corrected chi connectivity index (χ2v) is 10.0. The van der Waals surface area contributed by atoms with Gasteiger partial charge in [0.25, 0.3) is 0 Å². The number of Topliss-reactive ketones (excluding diaryl/α,β-unsaturated/α-hetero) is 1. The number of methoxy groups -OCH3 is 1. The highest BCUT2D eigenvalue weighted by Gasteiger charge is 2.49. The predicted octanol–water partition coefficient (Wildman–Crippen LogP) is 1.96. The van der Waals surface area contributed by atoms with E-state index in [4.69, 9.17) is 21.3 Å². The van der Waals surface area contributed by atoms with Crippen molar-refractivity contribution >= 4 is 29.5 Å². The molecule has 0 aromatic rings. The van der Waals surface area contributed by atoms with Gasteiger partial charge in [-0.2, -0.15) is 11.8 Å². The number of hydrogen-bond acceptors (Lipinski definition) is 7. The molecule has 2 atom stereocenters. The van der Waals surface area contributed by atoms with Crippen LogP contribution >= 0.6 is 11.8 Å². The summed E-state index contributed by atoms with van der Waals surface area (Å²) in [6.45, 7) is 8.80. The molecule has 1 saturated carbocycles. The van der Waals surface area contributed by atoms with Crippen molar-refractivity contribution in [2.24, 2.45) is 22.3 Å². The van der Waals surface area contributed by atoms with Crippen molar-refractivity contribution in [2.45, 2.75) is 76.6 Å². The van der Waals surface area contributed by atoms with Gasteiger partial charge in [-0.3, -0.25) is 9.59 Å². The van der Waals surface area contributed by atoms with Gasteiger partial charge in [0.2, 0.25) is 0 Å². The number of carboxylic acid groups (broad SMARTS) is 1. The summed E-state index contributed by atoms with van der Waals surface area (Å²) in [5, 5.41) is 9.07. The highest BCUT2D eigenvalue weighted by molar-refractivity contribution is 8.00. The predicted molar refractivity (Wildman–Crippen MR) is 106 cm³/mol. The molecule has 7 nitrogen and oxygen atoms in total. The number of carbonyl (C=O) groups excluding carboxylic acids is 2. The van der Waals surface area contributed by atoms with Crippen molar-refractivity contribution < 1.29 is 24.2 Å². The third kappa shape index (κ3) is 5.68. The highest BCUT2D eigenvalue weighted by Crippen LogP contribution is 2.50. The van der Waals surface area contributed by atoms with E-state index in [0.29, 0.717) is 0 Å². The van der Waals surface area contributed by atoms with E-state index in [0.717, 1.165) is 32.8 Å². The standard InChI is InChI=1S/C19H34N2O5S/c1-17(2)8-6-7-9-18(3,4)15(17)27-11-19(21,16(25)26-5)14(24)12(20)10-13(22)23/h12,15H,6-11,20-21H2,1-5H3,(H,22,23)/t12-,19+/m0/s1. The van der Waals surface area contributed by atoms with Crippen LogP contribution in [-0.4, -0.2) is 52.5 Å². The summed E-state index contributed by atoms with van der Waals surface area (Å²) in [6.07, 6.45) is 3.80. The maximum atomic E-state index is 12.7. The Kier molecular flexibility index (Phi) is 7.90. The lowest BCUT2D eigenvalue weighted by Crippen LogP contribution is -2.63. The van der Waals surface area contributed by atoms with Gasteiger partial charge in [-0.05, 0) is 23.7 Å². The molecule has 0 bridgehead atoms. The Bertz CT molecular complexity index is 560. The molecule has 0 radical (unpaired) electrons. The Morgan fingerprint density at radius 3 is 2.07 bits per heavy atom. The molecule has 1 fully saturated rings. The molecule has 1 aliphatic carbocycles. The summed E-state index contributed by atoms with van der Waals surface area (Å²) >= 11 is 1.49. The van der Waals surface area contributed by atoms with Gasteiger partial charge < -0.3 is 21.3 Å². The van der Waals surface area contributed by atoms with Gasteiger partial charge in [0.1, 0.15) is 0 Å². The monoisotopic (exact) mass is 402 g/mol. The first kappa shape index (κ1) is 23.9. The van der Waals surface area contributed by atoms with E-state index in [1.165, 1.54) is 11.8 Å². The first-order valence-corrected chi connectivity index (χ1v) is 10.3. The second kappa shape index (κ2) is 8.92. The first-order chi connectivity index (χ1) is 12.3. The minimum atomic E-state index is -1.97. The zero-order valence-electron chi connectivity index (χ0n) is 17.0. The van der Waals surface area contributed by atoms with Crippen LogP contribution in [0.1, 0.15) is 59.8 Å². The van der Waals surface area contributed by atoms with Crippen LogP contribution in [0.15, 0.2) is 0 Å². The summed E-state index contributed by atoms with van der Waals surface area (Å²) in [5.41, 5.74) is 9.95. The van der Waals surface area contributed by atoms with E-state index in [9.17, 15) is 14.4 Å². The fourth-order valence-corrected chi connectivity index (χ4v) is 6.00. The van der Waals surface area contributed by atoms with Crippen LogP contribution in [0.25, 0.3) is 0 Å². The Hall–Kier alpha value is -1.12. The van der Waals surface area contributed by atoms with Gasteiger partial charge in [-0.25, -0.2) is 4.79 Å². The number of aliphatic carboxylic acids is 1. The van der Waals surface area contributed by atoms with Crippen LogP contribution in [0.3, 0.4) is 0 Å². The maximum absolute atomic E-state index is 12.7. The minimum absolute atomic E-state index is 0.00333. The van der Waals surface area contributed by atoms with E-state index in [2.05, 4.69) is 27.7 Å². The fourth-order valence-electron chi connectivity index (χ4n) is 4.17. The Morgan fingerprint density at radius 1 is 1.19 bits per heavy atom. The third-order valence-corrected chi connectivity index (χ3v) is 7.74. The summed E-state index contributed by atoms with van der Waals surface area (Å²) in [6, 6.07) is -1.36. The van der Waals surface area contributed by atoms with Crippen LogP contribution in [0.4, 0.5) is 0 Å².